The number of hydrogen-bond acceptors (Lipinski definition) is 1. The first-order chi connectivity index (χ1) is 12.7. The molecule has 1 rings (SSSR count). The Labute approximate surface area is 161 Å². The number of allylic oxidation sites excluding steroid dienone is 3. The van der Waals surface area contributed by atoms with Crippen LogP contribution in [0.3, 0.4) is 0 Å². The van der Waals surface area contributed by atoms with Gasteiger partial charge in [0, 0.05) is 0 Å². The number of ether oxygens (including phenoxy) is 1. The molecule has 0 saturated carbocycles. The van der Waals surface area contributed by atoms with Crippen LogP contribution in [0.25, 0.3) is 0 Å². The topological polar surface area (TPSA) is 9.23 Å². The molecule has 1 aromatic rings. The molecule has 2 atom stereocenters. The largest absolute Gasteiger partial charge is 0.491 e. The predicted octanol–water partition coefficient (Wildman–Crippen LogP) is 7.22. The monoisotopic (exact) mass is 380 g/mol. The van der Waals surface area contributed by atoms with Crippen molar-refractivity contribution < 1.29 is 17.9 Å². The van der Waals surface area contributed by atoms with Gasteiger partial charge in [-0.05, 0) is 67.7 Å². The summed E-state index contributed by atoms with van der Waals surface area (Å²) in [7, 11) is 0. The van der Waals surface area contributed by atoms with E-state index in [2.05, 4.69) is 20.1 Å². The van der Waals surface area contributed by atoms with Gasteiger partial charge in [-0.3, -0.25) is 0 Å². The molecule has 0 aliphatic carbocycles. The summed E-state index contributed by atoms with van der Waals surface area (Å²) in [4.78, 5) is 0. The molecule has 0 heterocycles. The van der Waals surface area contributed by atoms with Crippen molar-refractivity contribution in [3.8, 4) is 0 Å². The van der Waals surface area contributed by atoms with Gasteiger partial charge in [0.25, 0.3) is 0 Å². The lowest BCUT2D eigenvalue weighted by Crippen LogP contribution is -2.05. The zero-order valence-electron chi connectivity index (χ0n) is 16.9. The molecule has 0 radical (unpaired) electrons. The first-order valence-corrected chi connectivity index (χ1v) is 9.48. The van der Waals surface area contributed by atoms with E-state index in [0.29, 0.717) is 35.6 Å². The first-order valence-electron chi connectivity index (χ1n) is 9.48. The third-order valence-corrected chi connectivity index (χ3v) is 4.88. The Bertz CT molecular complexity index is 691. The maximum atomic E-state index is 13.9. The van der Waals surface area contributed by atoms with Crippen LogP contribution < -0.4 is 0 Å². The average molecular weight is 380 g/mol. The molecule has 0 N–H and O–H groups in total. The Kier molecular flexibility index (Phi) is 9.40. The molecule has 0 aromatic heterocycles. The molecule has 0 amide bonds. The van der Waals surface area contributed by atoms with Crippen LogP contribution in [0, 0.1) is 30.4 Å². The number of halogens is 3. The van der Waals surface area contributed by atoms with Crippen molar-refractivity contribution in [2.75, 3.05) is 6.61 Å². The zero-order chi connectivity index (χ0) is 20.6. The van der Waals surface area contributed by atoms with Gasteiger partial charge in [0.05, 0.1) is 6.61 Å². The van der Waals surface area contributed by atoms with Gasteiger partial charge in [0.2, 0.25) is 0 Å². The van der Waals surface area contributed by atoms with E-state index in [4.69, 9.17) is 4.74 Å². The fourth-order valence-electron chi connectivity index (χ4n) is 2.77. The number of rotatable bonds is 11. The predicted molar refractivity (Wildman–Crippen MR) is 106 cm³/mol. The highest BCUT2D eigenvalue weighted by Gasteiger charge is 2.14. The maximum absolute atomic E-state index is 13.9. The molecule has 4 heteroatoms. The third-order valence-electron chi connectivity index (χ3n) is 4.88. The van der Waals surface area contributed by atoms with Crippen molar-refractivity contribution in [3.63, 3.8) is 0 Å². The molecule has 1 nitrogen and oxygen atoms in total. The molecule has 0 spiro atoms. The third kappa shape index (κ3) is 7.28. The Morgan fingerprint density at radius 3 is 2.41 bits per heavy atom. The molecule has 2 unspecified atom stereocenters. The van der Waals surface area contributed by atoms with Gasteiger partial charge < -0.3 is 4.74 Å². The van der Waals surface area contributed by atoms with E-state index in [1.165, 1.54) is 6.08 Å². The van der Waals surface area contributed by atoms with Crippen LogP contribution in [-0.4, -0.2) is 6.61 Å². The summed E-state index contributed by atoms with van der Waals surface area (Å²) in [6.45, 7) is 15.3. The molecule has 1 aromatic carbocycles. The number of aryl methyl sites for hydroxylation is 2. The summed E-state index contributed by atoms with van der Waals surface area (Å²) in [5.74, 6) is -1.52. The van der Waals surface area contributed by atoms with Crippen LogP contribution in [0.1, 0.15) is 51.2 Å². The lowest BCUT2D eigenvalue weighted by Gasteiger charge is -2.17. The van der Waals surface area contributed by atoms with Gasteiger partial charge in [-0.2, -0.15) is 0 Å². The van der Waals surface area contributed by atoms with Crippen LogP contribution in [0.2, 0.25) is 0 Å². The van der Waals surface area contributed by atoms with Gasteiger partial charge >= 0.3 is 0 Å². The lowest BCUT2D eigenvalue weighted by atomic mass is 9.90. The van der Waals surface area contributed by atoms with E-state index in [0.717, 1.165) is 19.3 Å². The highest BCUT2D eigenvalue weighted by molar-refractivity contribution is 5.28. The quantitative estimate of drug-likeness (QED) is 0.291. The maximum Gasteiger partial charge on any atom is 0.164 e. The van der Waals surface area contributed by atoms with Crippen LogP contribution in [0.4, 0.5) is 13.2 Å². The second kappa shape index (κ2) is 11.0. The van der Waals surface area contributed by atoms with E-state index < -0.39 is 17.5 Å². The van der Waals surface area contributed by atoms with Crippen LogP contribution in [0.5, 0.6) is 0 Å². The highest BCUT2D eigenvalue weighted by atomic mass is 19.2. The summed E-state index contributed by atoms with van der Waals surface area (Å²) in [5, 5.41) is 0. The second-order valence-corrected chi connectivity index (χ2v) is 7.22. The smallest absolute Gasteiger partial charge is 0.164 e. The van der Waals surface area contributed by atoms with Gasteiger partial charge in [0.1, 0.15) is 5.76 Å². The van der Waals surface area contributed by atoms with Crippen molar-refractivity contribution in [2.45, 2.75) is 53.4 Å². The zero-order valence-corrected chi connectivity index (χ0v) is 16.9. The highest BCUT2D eigenvalue weighted by Crippen LogP contribution is 2.25. The van der Waals surface area contributed by atoms with Crippen molar-refractivity contribution in [3.05, 3.63) is 71.3 Å². The van der Waals surface area contributed by atoms with Gasteiger partial charge in [-0.1, -0.05) is 45.6 Å². The Balaban J connectivity index is 2.48. The second-order valence-electron chi connectivity index (χ2n) is 7.22. The summed E-state index contributed by atoms with van der Waals surface area (Å²) >= 11 is 0. The fraction of sp³-hybridized carbons (Fsp3) is 0.478. The minimum absolute atomic E-state index is 0.0200. The van der Waals surface area contributed by atoms with Gasteiger partial charge in [-0.25, -0.2) is 13.2 Å². The van der Waals surface area contributed by atoms with E-state index in [-0.39, 0.29) is 11.7 Å². The van der Waals surface area contributed by atoms with Crippen LogP contribution in [-0.2, 0) is 11.2 Å². The van der Waals surface area contributed by atoms with Crippen molar-refractivity contribution >= 4 is 0 Å². The molecule has 0 fully saturated rings. The summed E-state index contributed by atoms with van der Waals surface area (Å²) < 4.78 is 46.5. The van der Waals surface area contributed by atoms with Gasteiger partial charge in [0.15, 0.2) is 17.5 Å². The average Bonchev–Trinajstić information content (AvgIpc) is 2.63. The molecule has 0 saturated heterocycles. The van der Waals surface area contributed by atoms with Crippen molar-refractivity contribution in [2.24, 2.45) is 11.8 Å². The number of hydrogen-bond donors (Lipinski definition) is 0. The molecule has 0 aliphatic rings. The van der Waals surface area contributed by atoms with Crippen molar-refractivity contribution in [1.82, 2.24) is 0 Å². The molecular weight excluding hydrogens is 349 g/mol. The van der Waals surface area contributed by atoms with E-state index in [1.54, 1.807) is 26.0 Å². The minimum atomic E-state index is -0.757. The Morgan fingerprint density at radius 1 is 1.11 bits per heavy atom. The minimum Gasteiger partial charge on any atom is -0.491 e. The molecule has 150 valence electrons. The SMILES string of the molecule is C=C(OCC)/C(F)=C\C(=C)C(C)CCC(C)CCc1ccc(C)c(F)c1F. The van der Waals surface area contributed by atoms with E-state index >= 15 is 0 Å². The molecule has 27 heavy (non-hydrogen) atoms. The van der Waals surface area contributed by atoms with Gasteiger partial charge in [-0.15, -0.1) is 0 Å². The summed E-state index contributed by atoms with van der Waals surface area (Å²) in [6.07, 6.45) is 4.39. The number of benzene rings is 1. The Morgan fingerprint density at radius 2 is 1.78 bits per heavy atom. The fourth-order valence-corrected chi connectivity index (χ4v) is 2.77. The lowest BCUT2D eigenvalue weighted by molar-refractivity contribution is 0.226. The Hall–Kier alpha value is -1.97. The standard InChI is InChI=1S/C23H31F3O/c1-7-27-19(6)21(24)14-18(5)16(3)10-8-15(2)9-12-20-13-11-17(4)22(25)23(20)26/h11,13-16H,5-10,12H2,1-4H3/b21-14+. The molecule has 0 aliphatic heterocycles. The summed E-state index contributed by atoms with van der Waals surface area (Å²) in [5.41, 5.74) is 1.43. The van der Waals surface area contributed by atoms with Crippen LogP contribution >= 0.6 is 0 Å². The van der Waals surface area contributed by atoms with Crippen molar-refractivity contribution in [1.29, 1.82) is 0 Å². The summed E-state index contributed by atoms with van der Waals surface area (Å²) in [6, 6.07) is 3.27. The molecular formula is C23H31F3O. The van der Waals surface area contributed by atoms with E-state index in [9.17, 15) is 13.2 Å². The van der Waals surface area contributed by atoms with E-state index in [1.807, 2.05) is 6.92 Å². The molecule has 0 bridgehead atoms. The van der Waals surface area contributed by atoms with Crippen LogP contribution in [0.15, 0.2) is 48.5 Å². The normalized spacial score (nSPS) is 14.0. The first kappa shape index (κ1) is 23.1.